The number of anilines is 1. The maximum absolute atomic E-state index is 13.9. The van der Waals surface area contributed by atoms with Crippen molar-refractivity contribution >= 4 is 40.1 Å². The van der Waals surface area contributed by atoms with Crippen LogP contribution in [0.15, 0.2) is 47.3 Å². The van der Waals surface area contributed by atoms with Crippen LogP contribution in [0, 0.1) is 5.82 Å². The lowest BCUT2D eigenvalue weighted by atomic mass is 10.0. The smallest absolute Gasteiger partial charge is 0.272 e. The zero-order valence-electron chi connectivity index (χ0n) is 12.1. The second-order valence-corrected chi connectivity index (χ2v) is 5.55. The Morgan fingerprint density at radius 3 is 2.58 bits per heavy atom. The lowest BCUT2D eigenvalue weighted by molar-refractivity contribution is 0.541. The summed E-state index contributed by atoms with van der Waals surface area (Å²) in [5.74, 6) is -0.680. The van der Waals surface area contributed by atoms with Crippen molar-refractivity contribution in [2.24, 2.45) is 0 Å². The van der Waals surface area contributed by atoms with Crippen LogP contribution in [-0.4, -0.2) is 19.0 Å². The third-order valence-electron chi connectivity index (χ3n) is 3.37. The van der Waals surface area contributed by atoms with Crippen LogP contribution in [0.4, 0.5) is 10.1 Å². The van der Waals surface area contributed by atoms with Crippen molar-refractivity contribution in [2.45, 2.75) is 6.42 Å². The van der Waals surface area contributed by atoms with Gasteiger partial charge in [0.05, 0.1) is 16.8 Å². The molecule has 1 unspecified atom stereocenters. The number of nitrogens with zero attached hydrogens (tertiary/aromatic N) is 1. The molecule has 0 aliphatic heterocycles. The number of benzene rings is 2. The van der Waals surface area contributed by atoms with E-state index in [9.17, 15) is 17.9 Å². The van der Waals surface area contributed by atoms with Crippen molar-refractivity contribution in [1.82, 2.24) is 10.2 Å². The molecular weight excluding hydrogens is 357 g/mol. The van der Waals surface area contributed by atoms with Crippen molar-refractivity contribution in [3.63, 3.8) is 0 Å². The molecule has 0 fully saturated rings. The number of fused-ring (bicyclic) bond motifs is 1. The van der Waals surface area contributed by atoms with E-state index in [-0.39, 0.29) is 23.7 Å². The second kappa shape index (κ2) is 7.52. The highest BCUT2D eigenvalue weighted by atomic mass is 35.5. The van der Waals surface area contributed by atoms with E-state index in [1.807, 2.05) is 4.72 Å². The Morgan fingerprint density at radius 1 is 1.21 bits per heavy atom. The number of halogens is 2. The largest absolute Gasteiger partial charge is 0.755 e. The molecule has 2 aromatic carbocycles. The summed E-state index contributed by atoms with van der Waals surface area (Å²) in [6.07, 6.45) is 0.301. The van der Waals surface area contributed by atoms with Gasteiger partial charge in [0.2, 0.25) is 0 Å². The van der Waals surface area contributed by atoms with Crippen LogP contribution in [-0.2, 0) is 17.7 Å². The zero-order chi connectivity index (χ0) is 16.4. The van der Waals surface area contributed by atoms with E-state index in [0.29, 0.717) is 28.5 Å². The summed E-state index contributed by atoms with van der Waals surface area (Å²) < 4.78 is 37.0. The van der Waals surface area contributed by atoms with E-state index in [0.717, 1.165) is 0 Å². The summed E-state index contributed by atoms with van der Waals surface area (Å²) in [7, 11) is 0. The number of aromatic nitrogens is 2. The molecule has 1 aromatic heterocycles. The van der Waals surface area contributed by atoms with Gasteiger partial charge in [0, 0.05) is 23.1 Å². The lowest BCUT2D eigenvalue weighted by Crippen LogP contribution is -2.11. The van der Waals surface area contributed by atoms with Crippen LogP contribution in [0.25, 0.3) is 10.8 Å². The third kappa shape index (κ3) is 3.78. The number of rotatable bonds is 4. The summed E-state index contributed by atoms with van der Waals surface area (Å²) in [5.41, 5.74) is 0.802. The molecule has 6 nitrogen and oxygen atoms in total. The highest BCUT2D eigenvalue weighted by Crippen LogP contribution is 2.20. The van der Waals surface area contributed by atoms with Crippen molar-refractivity contribution in [3.8, 4) is 0 Å². The third-order valence-corrected chi connectivity index (χ3v) is 3.76. The minimum Gasteiger partial charge on any atom is -0.755 e. The van der Waals surface area contributed by atoms with E-state index < -0.39 is 17.1 Å². The first-order valence-corrected chi connectivity index (χ1v) is 7.73. The van der Waals surface area contributed by atoms with Gasteiger partial charge in [-0.2, -0.15) is 5.10 Å². The van der Waals surface area contributed by atoms with Crippen molar-refractivity contribution in [2.75, 3.05) is 4.72 Å². The molecule has 126 valence electrons. The molecule has 1 atom stereocenters. The van der Waals surface area contributed by atoms with Crippen LogP contribution in [0.5, 0.6) is 0 Å². The first-order chi connectivity index (χ1) is 11.0. The maximum Gasteiger partial charge on any atom is 0.272 e. The summed E-state index contributed by atoms with van der Waals surface area (Å²) >= 11 is -2.58. The Labute approximate surface area is 144 Å². The van der Waals surface area contributed by atoms with Crippen LogP contribution < -0.4 is 10.3 Å². The lowest BCUT2D eigenvalue weighted by Gasteiger charge is -2.11. The average Bonchev–Trinajstić information content (AvgIpc) is 2.53. The molecule has 0 radical (unpaired) electrons. The minimum absolute atomic E-state index is 0. The summed E-state index contributed by atoms with van der Waals surface area (Å²) in [4.78, 5) is 11.7. The van der Waals surface area contributed by atoms with Crippen molar-refractivity contribution in [3.05, 3.63) is 69.9 Å². The fourth-order valence-electron chi connectivity index (χ4n) is 2.34. The van der Waals surface area contributed by atoms with Gasteiger partial charge in [0.15, 0.2) is 0 Å². The number of hydrogen-bond donors (Lipinski definition) is 2. The molecule has 0 bridgehead atoms. The first kappa shape index (κ1) is 18.1. The standard InChI is InChI=1S/C15H12FN3O3S.ClH/c16-12-7-9(5-6-13(12)19-23(21)22)8-14-10-3-1-2-4-11(10)15(20)18-17-14;/h1-7,19H,8H2,(H,18,20)(H,21,22);1H/p-1. The molecule has 0 amide bonds. The maximum atomic E-state index is 13.9. The fourth-order valence-corrected chi connectivity index (χ4v) is 2.69. The molecule has 2 N–H and O–H groups in total. The SMILES string of the molecule is Cl.O=c1[nH]nc(Cc2ccc(NS(=O)[O-])c(F)c2)c2ccccc12. The normalized spacial score (nSPS) is 11.8. The van der Waals surface area contributed by atoms with Crippen molar-refractivity contribution in [1.29, 1.82) is 0 Å². The van der Waals surface area contributed by atoms with Gasteiger partial charge in [-0.15, -0.1) is 12.4 Å². The van der Waals surface area contributed by atoms with Gasteiger partial charge in [-0.1, -0.05) is 24.3 Å². The van der Waals surface area contributed by atoms with E-state index in [1.165, 1.54) is 12.1 Å². The Morgan fingerprint density at radius 2 is 1.92 bits per heavy atom. The Bertz CT molecular complexity index is 964. The molecule has 0 aliphatic rings. The van der Waals surface area contributed by atoms with Crippen LogP contribution in [0.3, 0.4) is 0 Å². The fraction of sp³-hybridized carbons (Fsp3) is 0.0667. The molecule has 9 heteroatoms. The predicted molar refractivity (Wildman–Crippen MR) is 91.4 cm³/mol. The molecule has 0 aliphatic carbocycles. The average molecular weight is 369 g/mol. The van der Waals surface area contributed by atoms with Gasteiger partial charge < -0.3 is 9.27 Å². The Hall–Kier alpha value is -2.29. The summed E-state index contributed by atoms with van der Waals surface area (Å²) in [6.45, 7) is 0. The van der Waals surface area contributed by atoms with Crippen LogP contribution in [0.2, 0.25) is 0 Å². The molecule has 0 saturated heterocycles. The first-order valence-electron chi connectivity index (χ1n) is 6.65. The highest BCUT2D eigenvalue weighted by Gasteiger charge is 2.09. The number of H-pyrrole nitrogens is 1. The molecule has 3 rings (SSSR count). The van der Waals surface area contributed by atoms with Crippen LogP contribution >= 0.6 is 12.4 Å². The van der Waals surface area contributed by atoms with Crippen LogP contribution in [0.1, 0.15) is 11.3 Å². The number of nitrogens with one attached hydrogen (secondary N) is 2. The number of aromatic amines is 1. The van der Waals surface area contributed by atoms with Gasteiger partial charge in [0.1, 0.15) is 5.82 Å². The Kier molecular flexibility index (Phi) is 5.66. The minimum atomic E-state index is -2.58. The van der Waals surface area contributed by atoms with E-state index in [4.69, 9.17) is 0 Å². The molecular formula is C15H12ClFN3O3S-. The molecule has 1 heterocycles. The van der Waals surface area contributed by atoms with Gasteiger partial charge in [0.25, 0.3) is 5.56 Å². The quantitative estimate of drug-likeness (QED) is 0.690. The molecule has 0 spiro atoms. The summed E-state index contributed by atoms with van der Waals surface area (Å²) in [6, 6.07) is 11.2. The molecule has 24 heavy (non-hydrogen) atoms. The molecule has 0 saturated carbocycles. The van der Waals surface area contributed by atoms with Gasteiger partial charge in [-0.05, 0) is 23.8 Å². The topological polar surface area (TPSA) is 97.9 Å². The van der Waals surface area contributed by atoms with Gasteiger partial charge in [-0.3, -0.25) is 9.00 Å². The predicted octanol–water partition coefficient (Wildman–Crippen LogP) is 2.28. The second-order valence-electron chi connectivity index (χ2n) is 4.87. The summed E-state index contributed by atoms with van der Waals surface area (Å²) in [5, 5.41) is 7.66. The molecule has 3 aromatic rings. The van der Waals surface area contributed by atoms with Gasteiger partial charge in [-0.25, -0.2) is 9.49 Å². The van der Waals surface area contributed by atoms with E-state index >= 15 is 0 Å². The van der Waals surface area contributed by atoms with E-state index in [1.54, 1.807) is 30.3 Å². The highest BCUT2D eigenvalue weighted by molar-refractivity contribution is 7.80. The monoisotopic (exact) mass is 368 g/mol. The van der Waals surface area contributed by atoms with Gasteiger partial charge >= 0.3 is 0 Å². The zero-order valence-corrected chi connectivity index (χ0v) is 13.7. The Balaban J connectivity index is 0.00000208. The van der Waals surface area contributed by atoms with Crippen molar-refractivity contribution < 1.29 is 13.2 Å². The number of hydrogen-bond acceptors (Lipinski definition) is 4. The van der Waals surface area contributed by atoms with E-state index in [2.05, 4.69) is 10.2 Å².